The zero-order valence-electron chi connectivity index (χ0n) is 25.3. The number of anilines is 1. The number of sulfonamides is 1. The van der Waals surface area contributed by atoms with Crippen molar-refractivity contribution in [1.29, 1.82) is 0 Å². The third-order valence-electron chi connectivity index (χ3n) is 9.15. The monoisotopic (exact) mass is 630 g/mol. The van der Waals surface area contributed by atoms with E-state index in [9.17, 15) is 13.2 Å². The van der Waals surface area contributed by atoms with Crippen molar-refractivity contribution in [2.24, 2.45) is 17.8 Å². The lowest BCUT2D eigenvalue weighted by molar-refractivity contribution is 0.0262. The molecule has 3 heterocycles. The molecule has 5 rings (SSSR count). The third kappa shape index (κ3) is 7.56. The van der Waals surface area contributed by atoms with Gasteiger partial charge in [-0.05, 0) is 86.4 Å². The quantitative estimate of drug-likeness (QED) is 0.421. The number of carbonyl (C=O) groups excluding carboxylic acids is 1. The van der Waals surface area contributed by atoms with Crippen molar-refractivity contribution in [2.75, 3.05) is 38.3 Å². The van der Waals surface area contributed by atoms with Gasteiger partial charge in [-0.25, -0.2) is 13.1 Å². The molecule has 3 aliphatic rings. The Hall–Kier alpha value is -2.59. The summed E-state index contributed by atoms with van der Waals surface area (Å²) >= 11 is 6.33. The number of amides is 1. The number of hydrogen-bond acceptors (Lipinski definition) is 7. The van der Waals surface area contributed by atoms with Crippen molar-refractivity contribution in [3.63, 3.8) is 0 Å². The summed E-state index contributed by atoms with van der Waals surface area (Å²) in [7, 11) is -2.21. The van der Waals surface area contributed by atoms with Crippen LogP contribution in [0.15, 0.2) is 48.6 Å². The number of carbonyl (C=O) groups is 1. The van der Waals surface area contributed by atoms with Gasteiger partial charge in [-0.3, -0.25) is 4.79 Å². The molecule has 1 fully saturated rings. The fraction of sp³-hybridized carbons (Fsp3) is 0.545. The van der Waals surface area contributed by atoms with Crippen LogP contribution in [0.5, 0.6) is 5.75 Å². The number of halogens is 1. The van der Waals surface area contributed by atoms with Crippen molar-refractivity contribution in [3.05, 3.63) is 70.3 Å². The van der Waals surface area contributed by atoms with E-state index >= 15 is 0 Å². The highest BCUT2D eigenvalue weighted by molar-refractivity contribution is 7.90. The summed E-state index contributed by atoms with van der Waals surface area (Å²) in [6.45, 7) is 6.55. The largest absolute Gasteiger partial charge is 0.487 e. The van der Waals surface area contributed by atoms with Gasteiger partial charge in [-0.1, -0.05) is 36.7 Å². The number of allylic oxidation sites excluding steroid dienone is 1. The Morgan fingerprint density at radius 1 is 1.12 bits per heavy atom. The zero-order valence-corrected chi connectivity index (χ0v) is 26.8. The summed E-state index contributed by atoms with van der Waals surface area (Å²) in [5, 5.41) is -0.0556. The molecule has 3 aliphatic heterocycles. The van der Waals surface area contributed by atoms with Crippen LogP contribution in [-0.2, 0) is 32.5 Å². The summed E-state index contributed by atoms with van der Waals surface area (Å²) < 4.78 is 47.2. The SMILES string of the molecule is COCC1/C=C/C[C@H](C)[C@@H](C)S(=O)(=O)NC(=O)c2ccc3c(c2)N(CCCCc2cc(Cl)ccc2CO3)C[C@@H]2CCO[C@@H]12. The summed E-state index contributed by atoms with van der Waals surface area (Å²) in [5.41, 5.74) is 3.31. The molecule has 1 amide bonds. The molecule has 1 unspecified atom stereocenters. The number of rotatable bonds is 2. The van der Waals surface area contributed by atoms with Crippen LogP contribution in [0.25, 0.3) is 0 Å². The van der Waals surface area contributed by atoms with Gasteiger partial charge in [0.1, 0.15) is 12.4 Å². The Labute approximate surface area is 260 Å². The topological polar surface area (TPSA) is 94.2 Å². The lowest BCUT2D eigenvalue weighted by atomic mass is 9.89. The summed E-state index contributed by atoms with van der Waals surface area (Å²) in [6.07, 6.45) is 8.38. The molecule has 1 saturated heterocycles. The predicted octanol–water partition coefficient (Wildman–Crippen LogP) is 5.77. The minimum Gasteiger partial charge on any atom is -0.487 e. The summed E-state index contributed by atoms with van der Waals surface area (Å²) in [4.78, 5) is 15.7. The molecule has 8 nitrogen and oxygen atoms in total. The van der Waals surface area contributed by atoms with Gasteiger partial charge in [-0.15, -0.1) is 0 Å². The second kappa shape index (κ2) is 14.0. The van der Waals surface area contributed by atoms with Crippen molar-refractivity contribution in [2.45, 2.75) is 63.9 Å². The van der Waals surface area contributed by atoms with Crippen LogP contribution < -0.4 is 14.4 Å². The number of nitrogens with one attached hydrogen (secondary N) is 1. The Morgan fingerprint density at radius 2 is 1.95 bits per heavy atom. The van der Waals surface area contributed by atoms with E-state index in [0.29, 0.717) is 43.6 Å². The van der Waals surface area contributed by atoms with Gasteiger partial charge < -0.3 is 19.1 Å². The number of fused-ring (bicyclic) bond motifs is 3. The van der Waals surface area contributed by atoms with Gasteiger partial charge in [0.15, 0.2) is 0 Å². The molecule has 2 bridgehead atoms. The fourth-order valence-corrected chi connectivity index (χ4v) is 7.87. The van der Waals surface area contributed by atoms with E-state index in [1.807, 2.05) is 31.2 Å². The smallest absolute Gasteiger partial charge is 0.264 e. The number of benzene rings is 2. The number of methoxy groups -OCH3 is 1. The van der Waals surface area contributed by atoms with E-state index in [2.05, 4.69) is 15.7 Å². The maximum atomic E-state index is 13.4. The van der Waals surface area contributed by atoms with Gasteiger partial charge in [0, 0.05) is 49.2 Å². The van der Waals surface area contributed by atoms with Crippen LogP contribution in [-0.4, -0.2) is 59.1 Å². The van der Waals surface area contributed by atoms with Crippen LogP contribution in [0.1, 0.15) is 61.0 Å². The van der Waals surface area contributed by atoms with E-state index in [0.717, 1.165) is 43.5 Å². The third-order valence-corrected chi connectivity index (χ3v) is 11.3. The zero-order chi connectivity index (χ0) is 30.6. The van der Waals surface area contributed by atoms with Crippen molar-refractivity contribution in [3.8, 4) is 5.75 Å². The summed E-state index contributed by atoms with van der Waals surface area (Å²) in [5.74, 6) is 0.0810. The van der Waals surface area contributed by atoms with E-state index in [4.69, 9.17) is 25.8 Å². The van der Waals surface area contributed by atoms with E-state index in [1.54, 1.807) is 32.2 Å². The first-order valence-corrected chi connectivity index (χ1v) is 17.2. The second-order valence-electron chi connectivity index (χ2n) is 12.1. The molecule has 2 aromatic carbocycles. The minimum atomic E-state index is -3.91. The highest BCUT2D eigenvalue weighted by Crippen LogP contribution is 2.36. The van der Waals surface area contributed by atoms with E-state index < -0.39 is 21.2 Å². The van der Waals surface area contributed by atoms with Gasteiger partial charge in [0.05, 0.1) is 23.6 Å². The number of nitrogens with zero attached hydrogens (tertiary/aromatic N) is 1. The van der Waals surface area contributed by atoms with Gasteiger partial charge in [0.2, 0.25) is 10.0 Å². The van der Waals surface area contributed by atoms with Gasteiger partial charge in [-0.2, -0.15) is 0 Å². The first-order chi connectivity index (χ1) is 20.7. The van der Waals surface area contributed by atoms with Crippen LogP contribution in [0.2, 0.25) is 5.02 Å². The molecule has 43 heavy (non-hydrogen) atoms. The van der Waals surface area contributed by atoms with Crippen LogP contribution >= 0.6 is 11.6 Å². The molecule has 0 spiro atoms. The molecular weight excluding hydrogens is 588 g/mol. The molecule has 0 aromatic heterocycles. The van der Waals surface area contributed by atoms with Crippen molar-refractivity contribution < 1.29 is 27.4 Å². The van der Waals surface area contributed by atoms with Crippen LogP contribution in [0.3, 0.4) is 0 Å². The minimum absolute atomic E-state index is 0.0365. The van der Waals surface area contributed by atoms with Crippen molar-refractivity contribution >= 4 is 33.2 Å². The van der Waals surface area contributed by atoms with E-state index in [-0.39, 0.29) is 29.4 Å². The number of ether oxygens (including phenoxy) is 3. The van der Waals surface area contributed by atoms with Gasteiger partial charge in [0.25, 0.3) is 5.91 Å². The second-order valence-corrected chi connectivity index (χ2v) is 14.6. The lowest BCUT2D eigenvalue weighted by Crippen LogP contribution is -2.40. The normalized spacial score (nSPS) is 28.9. The first-order valence-electron chi connectivity index (χ1n) is 15.3. The Morgan fingerprint density at radius 3 is 2.77 bits per heavy atom. The van der Waals surface area contributed by atoms with Crippen LogP contribution in [0, 0.1) is 17.8 Å². The molecule has 2 aromatic rings. The Bertz CT molecular complexity index is 1430. The average molecular weight is 631 g/mol. The molecule has 10 heteroatoms. The van der Waals surface area contributed by atoms with Crippen LogP contribution in [0.4, 0.5) is 5.69 Å². The molecule has 5 atom stereocenters. The Balaban J connectivity index is 1.57. The van der Waals surface area contributed by atoms with Crippen molar-refractivity contribution in [1.82, 2.24) is 4.72 Å². The predicted molar refractivity (Wildman–Crippen MR) is 169 cm³/mol. The molecule has 0 aliphatic carbocycles. The van der Waals surface area contributed by atoms with Gasteiger partial charge >= 0.3 is 0 Å². The molecule has 1 N–H and O–H groups in total. The molecular formula is C33H43ClN2O6S. The average Bonchev–Trinajstić information content (AvgIpc) is 3.43. The van der Waals surface area contributed by atoms with E-state index in [1.165, 1.54) is 5.56 Å². The first kappa shape index (κ1) is 31.8. The number of aryl methyl sites for hydroxylation is 1. The maximum Gasteiger partial charge on any atom is 0.264 e. The highest BCUT2D eigenvalue weighted by atomic mass is 35.5. The standard InChI is InChI=1S/C33H43ClN2O6S/c1-22-7-6-9-28(20-40-3)32-26(14-16-41-32)19-36-15-5-4-8-24-17-29(34)12-10-27(24)21-42-31-13-11-25(18-30(31)36)33(37)35-43(38,39)23(22)2/h6,9-13,17-18,22-23,26,28,32H,4-5,7-8,14-16,19-21H2,1-3H3,(H,35,37)/b9-6+/t22-,23+,26-,28?,32+/m0/s1. The molecule has 0 radical (unpaired) electrons. The molecule has 234 valence electrons. The highest BCUT2D eigenvalue weighted by Gasteiger charge is 2.36. The number of hydrogen-bond donors (Lipinski definition) is 1. The fourth-order valence-electron chi connectivity index (χ4n) is 6.39. The summed E-state index contributed by atoms with van der Waals surface area (Å²) in [6, 6.07) is 11.1. The molecule has 0 saturated carbocycles. The Kier molecular flexibility index (Phi) is 10.4. The lowest BCUT2D eigenvalue weighted by Gasteiger charge is -2.33. The maximum absolute atomic E-state index is 13.4.